The van der Waals surface area contributed by atoms with E-state index < -0.39 is 0 Å². The van der Waals surface area contributed by atoms with Gasteiger partial charge in [0, 0.05) is 16.1 Å². The van der Waals surface area contributed by atoms with Gasteiger partial charge in [-0.25, -0.2) is 0 Å². The summed E-state index contributed by atoms with van der Waals surface area (Å²) in [7, 11) is 3.65. The normalized spacial score (nSPS) is 17.9. The molecule has 1 aromatic rings. The molecule has 0 heterocycles. The minimum absolute atomic E-state index is 0.0592. The predicted octanol–water partition coefficient (Wildman–Crippen LogP) is 2.56. The van der Waals surface area contributed by atoms with Gasteiger partial charge in [-0.05, 0) is 32.0 Å². The van der Waals surface area contributed by atoms with Gasteiger partial charge in [0.1, 0.15) is 5.75 Å². The summed E-state index contributed by atoms with van der Waals surface area (Å²) in [4.78, 5) is 0. The van der Waals surface area contributed by atoms with E-state index in [9.17, 15) is 0 Å². The summed E-state index contributed by atoms with van der Waals surface area (Å²) in [5.41, 5.74) is 1.16. The average molecular weight is 212 g/mol. The lowest BCUT2D eigenvalue weighted by atomic mass is 10.0. The first kappa shape index (κ1) is 9.81. The molecule has 0 amide bonds. The van der Waals surface area contributed by atoms with E-state index in [4.69, 9.17) is 16.3 Å². The largest absolute Gasteiger partial charge is 0.496 e. The zero-order valence-corrected chi connectivity index (χ0v) is 9.19. The van der Waals surface area contributed by atoms with Crippen LogP contribution in [-0.4, -0.2) is 14.2 Å². The molecule has 1 aliphatic carbocycles. The first-order valence-corrected chi connectivity index (χ1v) is 5.13. The highest BCUT2D eigenvalue weighted by Gasteiger charge is 2.46. The van der Waals surface area contributed by atoms with E-state index >= 15 is 0 Å². The molecule has 0 saturated heterocycles. The van der Waals surface area contributed by atoms with E-state index in [0.717, 1.165) is 29.2 Å². The molecule has 3 heteroatoms. The van der Waals surface area contributed by atoms with Gasteiger partial charge in [0.25, 0.3) is 0 Å². The molecule has 76 valence electrons. The molecule has 1 fully saturated rings. The van der Waals surface area contributed by atoms with Crippen LogP contribution in [0.15, 0.2) is 18.2 Å². The van der Waals surface area contributed by atoms with Crippen LogP contribution in [0.3, 0.4) is 0 Å². The molecule has 1 N–H and O–H groups in total. The van der Waals surface area contributed by atoms with Gasteiger partial charge in [-0.3, -0.25) is 0 Å². The van der Waals surface area contributed by atoms with Gasteiger partial charge in [0.05, 0.1) is 7.11 Å². The lowest BCUT2D eigenvalue weighted by Crippen LogP contribution is -2.25. The van der Waals surface area contributed by atoms with Crippen LogP contribution < -0.4 is 10.1 Å². The summed E-state index contributed by atoms with van der Waals surface area (Å²) in [5.74, 6) is 0.879. The van der Waals surface area contributed by atoms with Crippen molar-refractivity contribution in [1.82, 2.24) is 5.32 Å². The number of methoxy groups -OCH3 is 1. The lowest BCUT2D eigenvalue weighted by Gasteiger charge is -2.19. The molecule has 1 aliphatic rings. The number of nitrogens with one attached hydrogen (secondary N) is 1. The molecule has 0 atom stereocenters. The minimum Gasteiger partial charge on any atom is -0.496 e. The summed E-state index contributed by atoms with van der Waals surface area (Å²) < 4.78 is 5.33. The van der Waals surface area contributed by atoms with Gasteiger partial charge in [0.2, 0.25) is 0 Å². The molecule has 1 aromatic carbocycles. The van der Waals surface area contributed by atoms with Crippen LogP contribution in [0.2, 0.25) is 5.02 Å². The molecule has 0 aliphatic heterocycles. The molecule has 0 spiro atoms. The highest BCUT2D eigenvalue weighted by molar-refractivity contribution is 6.31. The number of benzene rings is 1. The molecule has 0 unspecified atom stereocenters. The van der Waals surface area contributed by atoms with Crippen molar-refractivity contribution < 1.29 is 4.74 Å². The molecule has 0 bridgehead atoms. The maximum absolute atomic E-state index is 6.19. The smallest absolute Gasteiger partial charge is 0.125 e. The van der Waals surface area contributed by atoms with Gasteiger partial charge in [-0.1, -0.05) is 17.7 Å². The first-order valence-electron chi connectivity index (χ1n) is 4.75. The molecule has 0 radical (unpaired) electrons. The maximum atomic E-state index is 6.19. The minimum atomic E-state index is 0.0592. The summed E-state index contributed by atoms with van der Waals surface area (Å²) >= 11 is 6.19. The zero-order valence-electron chi connectivity index (χ0n) is 8.43. The number of hydrogen-bond acceptors (Lipinski definition) is 2. The Morgan fingerprint density at radius 1 is 1.43 bits per heavy atom. The average Bonchev–Trinajstić information content (AvgIpc) is 2.98. The Balaban J connectivity index is 2.50. The van der Waals surface area contributed by atoms with Crippen molar-refractivity contribution in [2.45, 2.75) is 18.4 Å². The van der Waals surface area contributed by atoms with E-state index in [1.54, 1.807) is 7.11 Å². The Morgan fingerprint density at radius 2 is 2.14 bits per heavy atom. The predicted molar refractivity (Wildman–Crippen MR) is 58.0 cm³/mol. The van der Waals surface area contributed by atoms with Crippen LogP contribution in [0.1, 0.15) is 18.4 Å². The van der Waals surface area contributed by atoms with Crippen LogP contribution in [0.4, 0.5) is 0 Å². The van der Waals surface area contributed by atoms with E-state index in [2.05, 4.69) is 5.32 Å². The van der Waals surface area contributed by atoms with E-state index in [-0.39, 0.29) is 5.54 Å². The Bertz CT molecular complexity index is 347. The van der Waals surface area contributed by atoms with E-state index in [1.807, 2.05) is 25.2 Å². The van der Waals surface area contributed by atoms with Gasteiger partial charge >= 0.3 is 0 Å². The summed E-state index contributed by atoms with van der Waals surface area (Å²) in [6.45, 7) is 0. The quantitative estimate of drug-likeness (QED) is 0.830. The molecule has 2 nitrogen and oxygen atoms in total. The SMILES string of the molecule is CNC1(c2c(Cl)cccc2OC)CC1. The molecule has 1 saturated carbocycles. The Kier molecular flexibility index (Phi) is 2.41. The monoisotopic (exact) mass is 211 g/mol. The van der Waals surface area contributed by atoms with Gasteiger partial charge in [-0.15, -0.1) is 0 Å². The molecular formula is C11H14ClNO. The topological polar surface area (TPSA) is 21.3 Å². The third kappa shape index (κ3) is 1.39. The standard InChI is InChI=1S/C11H14ClNO/c1-13-11(6-7-11)10-8(12)4-3-5-9(10)14-2/h3-5,13H,6-7H2,1-2H3. The van der Waals surface area contributed by atoms with Gasteiger partial charge in [0.15, 0.2) is 0 Å². The Hall–Kier alpha value is -0.730. The molecular weight excluding hydrogens is 198 g/mol. The highest BCUT2D eigenvalue weighted by Crippen LogP contribution is 2.51. The van der Waals surface area contributed by atoms with Crippen molar-refractivity contribution in [2.24, 2.45) is 0 Å². The van der Waals surface area contributed by atoms with E-state index in [0.29, 0.717) is 0 Å². The second-order valence-electron chi connectivity index (χ2n) is 3.65. The molecule has 0 aromatic heterocycles. The van der Waals surface area contributed by atoms with Crippen molar-refractivity contribution in [3.8, 4) is 5.75 Å². The molecule has 2 rings (SSSR count). The van der Waals surface area contributed by atoms with Crippen LogP contribution in [0, 0.1) is 0 Å². The number of ether oxygens (including phenoxy) is 1. The number of hydrogen-bond donors (Lipinski definition) is 1. The van der Waals surface area contributed by atoms with Crippen LogP contribution in [0.25, 0.3) is 0 Å². The third-order valence-electron chi connectivity index (χ3n) is 2.90. The summed E-state index contributed by atoms with van der Waals surface area (Å²) in [6, 6.07) is 5.78. The summed E-state index contributed by atoms with van der Waals surface area (Å²) in [6.07, 6.45) is 2.26. The second-order valence-corrected chi connectivity index (χ2v) is 4.06. The fraction of sp³-hybridized carbons (Fsp3) is 0.455. The number of rotatable bonds is 3. The second kappa shape index (κ2) is 3.44. The lowest BCUT2D eigenvalue weighted by molar-refractivity contribution is 0.399. The highest BCUT2D eigenvalue weighted by atomic mass is 35.5. The first-order chi connectivity index (χ1) is 6.73. The Labute approximate surface area is 89.2 Å². The van der Waals surface area contributed by atoms with E-state index in [1.165, 1.54) is 0 Å². The van der Waals surface area contributed by atoms with Crippen molar-refractivity contribution in [3.05, 3.63) is 28.8 Å². The van der Waals surface area contributed by atoms with Crippen molar-refractivity contribution in [3.63, 3.8) is 0 Å². The molecule has 14 heavy (non-hydrogen) atoms. The van der Waals surface area contributed by atoms with Crippen LogP contribution in [0.5, 0.6) is 5.75 Å². The van der Waals surface area contributed by atoms with Crippen LogP contribution in [-0.2, 0) is 5.54 Å². The fourth-order valence-electron chi connectivity index (χ4n) is 1.89. The summed E-state index contributed by atoms with van der Waals surface area (Å²) in [5, 5.41) is 4.11. The number of halogens is 1. The van der Waals surface area contributed by atoms with Crippen molar-refractivity contribution >= 4 is 11.6 Å². The van der Waals surface area contributed by atoms with Gasteiger partial charge < -0.3 is 10.1 Å². The fourth-order valence-corrected chi connectivity index (χ4v) is 2.24. The van der Waals surface area contributed by atoms with Gasteiger partial charge in [-0.2, -0.15) is 0 Å². The van der Waals surface area contributed by atoms with Crippen LogP contribution >= 0.6 is 11.6 Å². The third-order valence-corrected chi connectivity index (χ3v) is 3.22. The Morgan fingerprint density at radius 3 is 2.64 bits per heavy atom. The van der Waals surface area contributed by atoms with Crippen molar-refractivity contribution in [1.29, 1.82) is 0 Å². The van der Waals surface area contributed by atoms with Crippen molar-refractivity contribution in [2.75, 3.05) is 14.2 Å². The maximum Gasteiger partial charge on any atom is 0.125 e. The zero-order chi connectivity index (χ0) is 10.2.